The van der Waals surface area contributed by atoms with Gasteiger partial charge in [0.1, 0.15) is 28.7 Å². The van der Waals surface area contributed by atoms with E-state index in [1.54, 1.807) is 0 Å². The highest BCUT2D eigenvalue weighted by atomic mass is 19.1. The van der Waals surface area contributed by atoms with Gasteiger partial charge in [0.2, 0.25) is 5.43 Å². The van der Waals surface area contributed by atoms with Gasteiger partial charge in [0, 0.05) is 43.5 Å². The minimum Gasteiger partial charge on any atom is -0.477 e. The first kappa shape index (κ1) is 26.4. The van der Waals surface area contributed by atoms with E-state index in [1.807, 2.05) is 18.7 Å². The molecule has 0 amide bonds. The Hall–Kier alpha value is -3.64. The number of carboxylic acids is 1. The highest BCUT2D eigenvalue weighted by Crippen LogP contribution is 2.31. The lowest BCUT2D eigenvalue weighted by atomic mass is 10.0. The summed E-state index contributed by atoms with van der Waals surface area (Å²) in [5.74, 6) is -4.42. The third-order valence-corrected chi connectivity index (χ3v) is 6.40. The molecule has 3 aromatic rings. The maximum Gasteiger partial charge on any atom is 0.341 e. The molecule has 0 radical (unpaired) electrons. The van der Waals surface area contributed by atoms with Crippen LogP contribution in [0.4, 0.5) is 24.7 Å². The molecule has 3 N–H and O–H groups in total. The molecule has 0 bridgehead atoms. The van der Waals surface area contributed by atoms with Crippen molar-refractivity contribution < 1.29 is 32.9 Å². The van der Waals surface area contributed by atoms with Crippen LogP contribution in [0.2, 0.25) is 0 Å². The minimum atomic E-state index is -1.44. The fraction of sp³-hybridized carbons (Fsp3) is 0.400. The van der Waals surface area contributed by atoms with Crippen LogP contribution in [0.15, 0.2) is 29.2 Å². The molecule has 198 valence electrons. The molecule has 4 rings (SSSR count). The molecule has 1 aromatic carbocycles. The number of anilines is 2. The number of aromatic carboxylic acids is 1. The second kappa shape index (κ2) is 10.8. The molecule has 37 heavy (non-hydrogen) atoms. The van der Waals surface area contributed by atoms with E-state index >= 15 is 0 Å². The number of rotatable bonds is 8. The van der Waals surface area contributed by atoms with E-state index < -0.39 is 46.0 Å². The van der Waals surface area contributed by atoms with E-state index in [2.05, 4.69) is 5.32 Å². The normalized spacial score (nSPS) is 14.8. The number of benzene rings is 1. The van der Waals surface area contributed by atoms with Crippen LogP contribution in [0, 0.1) is 23.4 Å². The van der Waals surface area contributed by atoms with Crippen molar-refractivity contribution >= 4 is 28.5 Å². The number of aliphatic hydroxyl groups is 1. The molecule has 0 aliphatic carbocycles. The largest absolute Gasteiger partial charge is 0.477 e. The summed E-state index contributed by atoms with van der Waals surface area (Å²) in [6.07, 6.45) is 1.18. The van der Waals surface area contributed by atoms with Crippen molar-refractivity contribution in [2.75, 3.05) is 43.1 Å². The monoisotopic (exact) mass is 520 g/mol. The van der Waals surface area contributed by atoms with Crippen LogP contribution in [-0.2, 0) is 11.3 Å². The molecule has 0 spiro atoms. The molecule has 2 aromatic heterocycles. The van der Waals surface area contributed by atoms with Crippen molar-refractivity contribution in [1.29, 1.82) is 0 Å². The van der Waals surface area contributed by atoms with Crippen LogP contribution in [0.25, 0.3) is 11.0 Å². The fourth-order valence-corrected chi connectivity index (χ4v) is 4.36. The molecule has 1 aliphatic heterocycles. The molecule has 3 heterocycles. The molecule has 9 nitrogen and oxygen atoms in total. The molecule has 0 unspecified atom stereocenters. The topological polar surface area (TPSA) is 117 Å². The lowest BCUT2D eigenvalue weighted by Gasteiger charge is -2.31. The Balaban J connectivity index is 1.92. The van der Waals surface area contributed by atoms with Gasteiger partial charge in [-0.15, -0.1) is 0 Å². The molecule has 1 saturated heterocycles. The smallest absolute Gasteiger partial charge is 0.341 e. The molecular weight excluding hydrogens is 493 g/mol. The molecule has 1 atom stereocenters. The minimum absolute atomic E-state index is 0.0430. The van der Waals surface area contributed by atoms with Crippen molar-refractivity contribution in [3.63, 3.8) is 0 Å². The van der Waals surface area contributed by atoms with Crippen LogP contribution < -0.4 is 15.6 Å². The van der Waals surface area contributed by atoms with E-state index in [1.165, 1.54) is 16.8 Å². The second-order valence-electron chi connectivity index (χ2n) is 9.11. The van der Waals surface area contributed by atoms with Gasteiger partial charge in [-0.05, 0) is 12.0 Å². The van der Waals surface area contributed by atoms with Gasteiger partial charge in [-0.25, -0.2) is 22.9 Å². The predicted octanol–water partition coefficient (Wildman–Crippen LogP) is 3.15. The van der Waals surface area contributed by atoms with Crippen LogP contribution in [-0.4, -0.2) is 58.6 Å². The van der Waals surface area contributed by atoms with Crippen LogP contribution in [0.1, 0.15) is 35.8 Å². The highest BCUT2D eigenvalue weighted by molar-refractivity contribution is 5.93. The Kier molecular flexibility index (Phi) is 7.69. The van der Waals surface area contributed by atoms with Gasteiger partial charge in [-0.2, -0.15) is 0 Å². The summed E-state index contributed by atoms with van der Waals surface area (Å²) in [5.41, 5.74) is -1.31. The maximum absolute atomic E-state index is 14.3. The zero-order chi connectivity index (χ0) is 26.9. The van der Waals surface area contributed by atoms with E-state index in [4.69, 9.17) is 9.72 Å². The summed E-state index contributed by atoms with van der Waals surface area (Å²) in [7, 11) is 0. The number of nitrogens with zero attached hydrogens (tertiary/aromatic N) is 3. The summed E-state index contributed by atoms with van der Waals surface area (Å²) in [6.45, 7) is 4.65. The number of nitrogens with one attached hydrogen (secondary N) is 1. The van der Waals surface area contributed by atoms with Gasteiger partial charge in [-0.1, -0.05) is 13.8 Å². The summed E-state index contributed by atoms with van der Waals surface area (Å²) in [5, 5.41) is 22.6. The van der Waals surface area contributed by atoms with Gasteiger partial charge in [0.05, 0.1) is 36.9 Å². The third-order valence-electron chi connectivity index (χ3n) is 6.40. The van der Waals surface area contributed by atoms with Gasteiger partial charge in [0.15, 0.2) is 5.82 Å². The van der Waals surface area contributed by atoms with Crippen molar-refractivity contribution in [2.45, 2.75) is 26.4 Å². The maximum atomic E-state index is 14.3. The number of pyridine rings is 2. The van der Waals surface area contributed by atoms with Crippen LogP contribution in [0.5, 0.6) is 0 Å². The average molecular weight is 521 g/mol. The lowest BCUT2D eigenvalue weighted by Crippen LogP contribution is -2.37. The molecule has 0 saturated carbocycles. The Morgan fingerprint density at radius 1 is 1.16 bits per heavy atom. The van der Waals surface area contributed by atoms with Gasteiger partial charge in [0.25, 0.3) is 0 Å². The van der Waals surface area contributed by atoms with Crippen molar-refractivity contribution in [3.05, 3.63) is 63.2 Å². The first-order valence-corrected chi connectivity index (χ1v) is 11.8. The van der Waals surface area contributed by atoms with E-state index in [0.29, 0.717) is 44.3 Å². The molecule has 1 fully saturated rings. The molecule has 1 aliphatic rings. The number of morpholine rings is 1. The lowest BCUT2D eigenvalue weighted by molar-refractivity contribution is 0.0694. The Morgan fingerprint density at radius 2 is 1.81 bits per heavy atom. The SMILES string of the molecule is CC(C)[C@@H](CO)n1cc(C(=O)O)c(=O)c2cc(NCc3c(F)cc(F)cc3F)c(N3CCOCC3)nc21. The number of aliphatic hydroxyl groups excluding tert-OH is 1. The third kappa shape index (κ3) is 5.25. The van der Waals surface area contributed by atoms with Gasteiger partial charge < -0.3 is 29.7 Å². The van der Waals surface area contributed by atoms with E-state index in [-0.39, 0.29) is 35.8 Å². The average Bonchev–Trinajstić information content (AvgIpc) is 2.85. The fourth-order valence-electron chi connectivity index (χ4n) is 4.36. The first-order chi connectivity index (χ1) is 17.6. The number of ether oxygens (including phenoxy) is 1. The number of hydrogen-bond acceptors (Lipinski definition) is 7. The van der Waals surface area contributed by atoms with Gasteiger partial charge in [-0.3, -0.25) is 4.79 Å². The number of hydrogen-bond donors (Lipinski definition) is 3. The van der Waals surface area contributed by atoms with E-state index in [0.717, 1.165) is 0 Å². The summed E-state index contributed by atoms with van der Waals surface area (Å²) in [4.78, 5) is 31.6. The van der Waals surface area contributed by atoms with Crippen molar-refractivity contribution in [3.8, 4) is 0 Å². The standard InChI is InChI=1S/C25H27F3N4O5/c1-13(2)21(12-33)32-11-17(25(35)36)22(34)15-9-20(24(30-23(15)32)31-3-5-37-6-4-31)29-10-16-18(27)7-14(26)8-19(16)28/h7-9,11,13,21,29,33H,3-6,10,12H2,1-2H3,(H,35,36)/t21-/m1/s1. The number of aromatic nitrogens is 2. The number of halogens is 3. The number of fused-ring (bicyclic) bond motifs is 1. The Morgan fingerprint density at radius 3 is 2.38 bits per heavy atom. The quantitative estimate of drug-likeness (QED) is 0.415. The summed E-state index contributed by atoms with van der Waals surface area (Å²) < 4.78 is 48.8. The van der Waals surface area contributed by atoms with Crippen molar-refractivity contribution in [1.82, 2.24) is 9.55 Å². The Bertz CT molecular complexity index is 1370. The number of carbonyl (C=O) groups is 1. The summed E-state index contributed by atoms with van der Waals surface area (Å²) in [6, 6.07) is 1.96. The second-order valence-corrected chi connectivity index (χ2v) is 9.11. The van der Waals surface area contributed by atoms with Crippen molar-refractivity contribution in [2.24, 2.45) is 5.92 Å². The highest BCUT2D eigenvalue weighted by Gasteiger charge is 2.25. The van der Waals surface area contributed by atoms with Crippen LogP contribution >= 0.6 is 0 Å². The number of carboxylic acid groups (broad SMARTS) is 1. The Labute approximate surface area is 210 Å². The van der Waals surface area contributed by atoms with E-state index in [9.17, 15) is 33.0 Å². The zero-order valence-electron chi connectivity index (χ0n) is 20.3. The zero-order valence-corrected chi connectivity index (χ0v) is 20.3. The summed E-state index contributed by atoms with van der Waals surface area (Å²) >= 11 is 0. The first-order valence-electron chi connectivity index (χ1n) is 11.8. The van der Waals surface area contributed by atoms with Crippen LogP contribution in [0.3, 0.4) is 0 Å². The van der Waals surface area contributed by atoms with Gasteiger partial charge >= 0.3 is 5.97 Å². The molecular formula is C25H27F3N4O5. The molecule has 12 heteroatoms. The predicted molar refractivity (Wildman–Crippen MR) is 131 cm³/mol.